The first kappa shape index (κ1) is 12.8. The standard InChI is InChI=1S/C12H18N4O2/c1-13-11-8-14-10(7-15-11)12(17)16(2)9-3-5-18-6-4-9/h7-9H,3-6H2,1-2H3,(H,13,15). The molecule has 2 rings (SSSR count). The summed E-state index contributed by atoms with van der Waals surface area (Å²) in [6.45, 7) is 1.43. The molecule has 1 aromatic rings. The van der Waals surface area contributed by atoms with Crippen molar-refractivity contribution in [2.24, 2.45) is 0 Å². The van der Waals surface area contributed by atoms with E-state index >= 15 is 0 Å². The molecule has 18 heavy (non-hydrogen) atoms. The zero-order chi connectivity index (χ0) is 13.0. The van der Waals surface area contributed by atoms with E-state index < -0.39 is 0 Å². The van der Waals surface area contributed by atoms with Crippen LogP contribution >= 0.6 is 0 Å². The molecule has 1 fully saturated rings. The molecule has 0 aromatic carbocycles. The van der Waals surface area contributed by atoms with Crippen LogP contribution in [0.5, 0.6) is 0 Å². The van der Waals surface area contributed by atoms with Crippen molar-refractivity contribution in [1.82, 2.24) is 14.9 Å². The summed E-state index contributed by atoms with van der Waals surface area (Å²) >= 11 is 0. The first-order valence-electron chi connectivity index (χ1n) is 6.07. The summed E-state index contributed by atoms with van der Waals surface area (Å²) in [5.41, 5.74) is 0.378. The summed E-state index contributed by atoms with van der Waals surface area (Å²) in [4.78, 5) is 22.2. The lowest BCUT2D eigenvalue weighted by Crippen LogP contribution is -2.41. The van der Waals surface area contributed by atoms with Gasteiger partial charge in [0.05, 0.1) is 12.4 Å². The normalized spacial score (nSPS) is 16.3. The lowest BCUT2D eigenvalue weighted by Gasteiger charge is -2.30. The quantitative estimate of drug-likeness (QED) is 0.858. The molecule has 0 spiro atoms. The smallest absolute Gasteiger partial charge is 0.274 e. The Morgan fingerprint density at radius 2 is 2.11 bits per heavy atom. The lowest BCUT2D eigenvalue weighted by atomic mass is 10.1. The summed E-state index contributed by atoms with van der Waals surface area (Å²) in [6, 6.07) is 0.233. The molecule has 1 saturated heterocycles. The average molecular weight is 250 g/mol. The highest BCUT2D eigenvalue weighted by molar-refractivity contribution is 5.92. The molecular formula is C12H18N4O2. The topological polar surface area (TPSA) is 67.4 Å². The fourth-order valence-corrected chi connectivity index (χ4v) is 1.99. The van der Waals surface area contributed by atoms with Gasteiger partial charge in [0, 0.05) is 33.4 Å². The predicted octanol–water partition coefficient (Wildman–Crippen LogP) is 0.769. The van der Waals surface area contributed by atoms with Crippen LogP contribution in [0.15, 0.2) is 12.4 Å². The van der Waals surface area contributed by atoms with Gasteiger partial charge in [-0.2, -0.15) is 0 Å². The molecule has 0 saturated carbocycles. The molecule has 0 atom stereocenters. The Kier molecular flexibility index (Phi) is 4.09. The van der Waals surface area contributed by atoms with Crippen molar-refractivity contribution in [3.05, 3.63) is 18.1 Å². The molecule has 6 heteroatoms. The van der Waals surface area contributed by atoms with Crippen molar-refractivity contribution in [1.29, 1.82) is 0 Å². The third kappa shape index (κ3) is 2.76. The van der Waals surface area contributed by atoms with Gasteiger partial charge in [-0.15, -0.1) is 0 Å². The Morgan fingerprint density at radius 3 is 2.67 bits per heavy atom. The number of carbonyl (C=O) groups excluding carboxylic acids is 1. The molecule has 1 aliphatic rings. The second kappa shape index (κ2) is 5.77. The van der Waals surface area contributed by atoms with Crippen LogP contribution in [-0.4, -0.2) is 54.1 Å². The molecule has 1 aromatic heterocycles. The number of rotatable bonds is 3. The van der Waals surface area contributed by atoms with Crippen LogP contribution in [-0.2, 0) is 4.74 Å². The number of hydrogen-bond donors (Lipinski definition) is 1. The van der Waals surface area contributed by atoms with Crippen LogP contribution in [0.2, 0.25) is 0 Å². The molecule has 1 N–H and O–H groups in total. The van der Waals surface area contributed by atoms with Gasteiger partial charge in [-0.05, 0) is 12.8 Å². The van der Waals surface area contributed by atoms with Gasteiger partial charge in [0.15, 0.2) is 0 Å². The van der Waals surface area contributed by atoms with Gasteiger partial charge in [0.25, 0.3) is 5.91 Å². The van der Waals surface area contributed by atoms with Crippen LogP contribution in [0.1, 0.15) is 23.3 Å². The van der Waals surface area contributed by atoms with E-state index in [4.69, 9.17) is 4.74 Å². The van der Waals surface area contributed by atoms with Crippen molar-refractivity contribution < 1.29 is 9.53 Å². The Labute approximate surface area is 106 Å². The zero-order valence-electron chi connectivity index (χ0n) is 10.7. The summed E-state index contributed by atoms with van der Waals surface area (Å²) in [5.74, 6) is 0.567. The summed E-state index contributed by atoms with van der Waals surface area (Å²) < 4.78 is 5.29. The Balaban J connectivity index is 2.04. The maximum atomic E-state index is 12.2. The van der Waals surface area contributed by atoms with E-state index in [2.05, 4.69) is 15.3 Å². The van der Waals surface area contributed by atoms with Crippen LogP contribution < -0.4 is 5.32 Å². The predicted molar refractivity (Wildman–Crippen MR) is 67.5 cm³/mol. The number of nitrogens with one attached hydrogen (secondary N) is 1. The maximum absolute atomic E-state index is 12.2. The average Bonchev–Trinajstić information content (AvgIpc) is 2.47. The van der Waals surface area contributed by atoms with Crippen LogP contribution in [0.3, 0.4) is 0 Å². The van der Waals surface area contributed by atoms with Gasteiger partial charge >= 0.3 is 0 Å². The van der Waals surface area contributed by atoms with Crippen LogP contribution in [0.4, 0.5) is 5.82 Å². The third-order valence-electron chi connectivity index (χ3n) is 3.19. The minimum atomic E-state index is -0.0861. The highest BCUT2D eigenvalue weighted by Crippen LogP contribution is 2.15. The van der Waals surface area contributed by atoms with E-state index in [1.165, 1.54) is 6.20 Å². The van der Waals surface area contributed by atoms with Crippen molar-refractivity contribution in [3.8, 4) is 0 Å². The van der Waals surface area contributed by atoms with Crippen molar-refractivity contribution >= 4 is 11.7 Å². The second-order valence-corrected chi connectivity index (χ2v) is 4.30. The van der Waals surface area contributed by atoms with E-state index in [-0.39, 0.29) is 11.9 Å². The summed E-state index contributed by atoms with van der Waals surface area (Å²) in [6.07, 6.45) is 4.82. The number of nitrogens with zero attached hydrogens (tertiary/aromatic N) is 3. The molecule has 1 aliphatic heterocycles. The molecule has 2 heterocycles. The SMILES string of the molecule is CNc1cnc(C(=O)N(C)C2CCOCC2)cn1. The zero-order valence-corrected chi connectivity index (χ0v) is 10.7. The molecule has 0 unspecified atom stereocenters. The maximum Gasteiger partial charge on any atom is 0.274 e. The minimum absolute atomic E-state index is 0.0861. The van der Waals surface area contributed by atoms with Crippen LogP contribution in [0.25, 0.3) is 0 Å². The highest BCUT2D eigenvalue weighted by Gasteiger charge is 2.24. The van der Waals surface area contributed by atoms with Crippen molar-refractivity contribution in [2.75, 3.05) is 32.6 Å². The van der Waals surface area contributed by atoms with Gasteiger partial charge in [0.1, 0.15) is 11.5 Å². The van der Waals surface area contributed by atoms with Gasteiger partial charge in [-0.25, -0.2) is 9.97 Å². The number of amides is 1. The summed E-state index contributed by atoms with van der Waals surface area (Å²) in [5, 5.41) is 2.87. The van der Waals surface area contributed by atoms with Gasteiger partial charge in [0.2, 0.25) is 0 Å². The first-order valence-corrected chi connectivity index (χ1v) is 6.07. The highest BCUT2D eigenvalue weighted by atomic mass is 16.5. The fraction of sp³-hybridized carbons (Fsp3) is 0.583. The number of aromatic nitrogens is 2. The lowest BCUT2D eigenvalue weighted by molar-refractivity contribution is 0.0358. The molecule has 0 radical (unpaired) electrons. The van der Waals surface area contributed by atoms with E-state index in [0.717, 1.165) is 12.8 Å². The molecule has 98 valence electrons. The van der Waals surface area contributed by atoms with E-state index in [1.54, 1.807) is 18.1 Å². The number of anilines is 1. The molecule has 1 amide bonds. The van der Waals surface area contributed by atoms with Crippen molar-refractivity contribution in [3.63, 3.8) is 0 Å². The van der Waals surface area contributed by atoms with E-state index in [1.807, 2.05) is 7.05 Å². The van der Waals surface area contributed by atoms with Crippen molar-refractivity contribution in [2.45, 2.75) is 18.9 Å². The van der Waals surface area contributed by atoms with E-state index in [0.29, 0.717) is 24.7 Å². The molecule has 0 bridgehead atoms. The third-order valence-corrected chi connectivity index (χ3v) is 3.19. The molecule has 6 nitrogen and oxygen atoms in total. The number of hydrogen-bond acceptors (Lipinski definition) is 5. The summed E-state index contributed by atoms with van der Waals surface area (Å²) in [7, 11) is 3.58. The number of ether oxygens (including phenoxy) is 1. The van der Waals surface area contributed by atoms with E-state index in [9.17, 15) is 4.79 Å². The second-order valence-electron chi connectivity index (χ2n) is 4.30. The van der Waals surface area contributed by atoms with Gasteiger partial charge in [-0.1, -0.05) is 0 Å². The Bertz CT molecular complexity index is 401. The van der Waals surface area contributed by atoms with Gasteiger partial charge in [-0.3, -0.25) is 4.79 Å². The largest absolute Gasteiger partial charge is 0.381 e. The fourth-order valence-electron chi connectivity index (χ4n) is 1.99. The first-order chi connectivity index (χ1) is 8.72. The van der Waals surface area contributed by atoms with Gasteiger partial charge < -0.3 is 15.0 Å². The Morgan fingerprint density at radius 1 is 1.39 bits per heavy atom. The monoisotopic (exact) mass is 250 g/mol. The minimum Gasteiger partial charge on any atom is -0.381 e. The van der Waals surface area contributed by atoms with Crippen LogP contribution in [0, 0.1) is 0 Å². The number of carbonyl (C=O) groups is 1. The molecular weight excluding hydrogens is 232 g/mol. The molecule has 0 aliphatic carbocycles. The Hall–Kier alpha value is -1.69.